The van der Waals surface area contributed by atoms with Crippen molar-refractivity contribution in [2.45, 2.75) is 20.3 Å². The Bertz CT molecular complexity index is 679. The van der Waals surface area contributed by atoms with Crippen LogP contribution >= 0.6 is 0 Å². The Hall–Kier alpha value is -2.39. The average Bonchev–Trinajstić information content (AvgIpc) is 2.52. The van der Waals surface area contributed by atoms with Crippen LogP contribution in [0, 0.1) is 13.8 Å². The lowest BCUT2D eigenvalue weighted by Gasteiger charge is -2.06. The molecule has 4 N–H and O–H groups in total. The molecule has 0 aliphatic rings. The van der Waals surface area contributed by atoms with Crippen molar-refractivity contribution in [2.24, 2.45) is 16.7 Å². The monoisotopic (exact) mass is 293 g/mol. The van der Waals surface area contributed by atoms with Crippen molar-refractivity contribution in [3.63, 3.8) is 0 Å². The third-order valence-corrected chi connectivity index (χ3v) is 3.74. The highest BCUT2D eigenvalue weighted by Crippen LogP contribution is 2.17. The van der Waals surface area contributed by atoms with E-state index in [1.807, 2.05) is 12.1 Å². The van der Waals surface area contributed by atoms with E-state index in [-0.39, 0.29) is 0 Å². The number of aryl methyl sites for hydroxylation is 2. The molecule has 2 aromatic rings. The van der Waals surface area contributed by atoms with Gasteiger partial charge >= 0.3 is 0 Å². The van der Waals surface area contributed by atoms with E-state index < -0.39 is 0 Å². The summed E-state index contributed by atoms with van der Waals surface area (Å²) in [4.78, 5) is 0. The Labute approximate surface area is 132 Å². The third kappa shape index (κ3) is 3.83. The summed E-state index contributed by atoms with van der Waals surface area (Å²) in [7, 11) is 0. The van der Waals surface area contributed by atoms with E-state index in [1.54, 1.807) is 0 Å². The van der Waals surface area contributed by atoms with Crippen LogP contribution in [0.3, 0.4) is 0 Å². The van der Waals surface area contributed by atoms with Crippen LogP contribution in [0.4, 0.5) is 0 Å². The summed E-state index contributed by atoms with van der Waals surface area (Å²) in [5, 5.41) is 3.85. The molecule has 0 bridgehead atoms. The van der Waals surface area contributed by atoms with E-state index in [2.05, 4.69) is 61.4 Å². The van der Waals surface area contributed by atoms with Crippen molar-refractivity contribution in [1.82, 2.24) is 0 Å². The minimum Gasteiger partial charge on any atom is -0.330 e. The molecule has 0 radical (unpaired) electrons. The standard InChI is InChI=1S/C19H23N3/c1-14-5-3-6-15(2)18(14)10-9-16-7-4-8-17(13-16)19(22-21)11-12-20/h3-10,13H,11-12,20-21H2,1-2H3/b10-9?,22-19-. The Morgan fingerprint density at radius 2 is 1.73 bits per heavy atom. The molecule has 0 heterocycles. The minimum atomic E-state index is 0.540. The summed E-state index contributed by atoms with van der Waals surface area (Å²) in [6.07, 6.45) is 4.96. The minimum absolute atomic E-state index is 0.540. The normalized spacial score (nSPS) is 12.0. The lowest BCUT2D eigenvalue weighted by molar-refractivity contribution is 1.03. The topological polar surface area (TPSA) is 64.4 Å². The molecule has 0 saturated carbocycles. The average molecular weight is 293 g/mol. The Kier molecular flexibility index (Phi) is 5.50. The van der Waals surface area contributed by atoms with Gasteiger partial charge in [-0.1, -0.05) is 48.6 Å². The second kappa shape index (κ2) is 7.57. The molecule has 2 rings (SSSR count). The van der Waals surface area contributed by atoms with Crippen LogP contribution in [0.5, 0.6) is 0 Å². The number of hydrogen-bond acceptors (Lipinski definition) is 3. The van der Waals surface area contributed by atoms with E-state index in [4.69, 9.17) is 11.6 Å². The number of hydrazone groups is 1. The zero-order valence-corrected chi connectivity index (χ0v) is 13.2. The zero-order valence-electron chi connectivity index (χ0n) is 13.2. The molecule has 0 fully saturated rings. The predicted molar refractivity (Wildman–Crippen MR) is 95.7 cm³/mol. The molecule has 0 aromatic heterocycles. The molecule has 3 heteroatoms. The fourth-order valence-corrected chi connectivity index (χ4v) is 2.51. The second-order valence-electron chi connectivity index (χ2n) is 5.38. The smallest absolute Gasteiger partial charge is 0.0685 e. The summed E-state index contributed by atoms with van der Waals surface area (Å²) in [6, 6.07) is 14.5. The van der Waals surface area contributed by atoms with E-state index in [9.17, 15) is 0 Å². The fourth-order valence-electron chi connectivity index (χ4n) is 2.51. The summed E-state index contributed by atoms with van der Waals surface area (Å²) < 4.78 is 0. The molecule has 22 heavy (non-hydrogen) atoms. The third-order valence-electron chi connectivity index (χ3n) is 3.74. The van der Waals surface area contributed by atoms with Gasteiger partial charge in [0.2, 0.25) is 0 Å². The van der Waals surface area contributed by atoms with Crippen molar-refractivity contribution >= 4 is 17.9 Å². The summed E-state index contributed by atoms with van der Waals surface area (Å²) in [6.45, 7) is 4.80. The first-order valence-electron chi connectivity index (χ1n) is 7.47. The van der Waals surface area contributed by atoms with Crippen molar-refractivity contribution < 1.29 is 0 Å². The highest BCUT2D eigenvalue weighted by molar-refractivity contribution is 6.01. The number of rotatable bonds is 5. The molecule has 3 nitrogen and oxygen atoms in total. The van der Waals surface area contributed by atoms with Crippen molar-refractivity contribution in [2.75, 3.05) is 6.54 Å². The summed E-state index contributed by atoms with van der Waals surface area (Å²) >= 11 is 0. The van der Waals surface area contributed by atoms with Gasteiger partial charge in [0.05, 0.1) is 5.71 Å². The van der Waals surface area contributed by atoms with E-state index in [0.29, 0.717) is 13.0 Å². The van der Waals surface area contributed by atoms with Crippen LogP contribution in [0.25, 0.3) is 12.2 Å². The molecule has 0 spiro atoms. The van der Waals surface area contributed by atoms with Crippen LogP contribution in [0.15, 0.2) is 47.6 Å². The first-order valence-corrected chi connectivity index (χ1v) is 7.47. The highest BCUT2D eigenvalue weighted by Gasteiger charge is 2.03. The van der Waals surface area contributed by atoms with Gasteiger partial charge in [-0.25, -0.2) is 0 Å². The van der Waals surface area contributed by atoms with Gasteiger partial charge < -0.3 is 11.6 Å². The van der Waals surface area contributed by atoms with Crippen molar-refractivity contribution in [3.8, 4) is 0 Å². The molecule has 0 saturated heterocycles. The van der Waals surface area contributed by atoms with Crippen LogP contribution in [-0.2, 0) is 0 Å². The predicted octanol–water partition coefficient (Wildman–Crippen LogP) is 3.49. The molecule has 0 unspecified atom stereocenters. The van der Waals surface area contributed by atoms with Crippen LogP contribution in [-0.4, -0.2) is 12.3 Å². The van der Waals surface area contributed by atoms with Gasteiger partial charge in [-0.15, -0.1) is 0 Å². The molecule has 0 aliphatic carbocycles. The van der Waals surface area contributed by atoms with Gasteiger partial charge in [0.1, 0.15) is 0 Å². The molecule has 2 aromatic carbocycles. The number of nitrogens with zero attached hydrogens (tertiary/aromatic N) is 1. The van der Waals surface area contributed by atoms with E-state index in [0.717, 1.165) is 16.8 Å². The SMILES string of the molecule is Cc1cccc(C)c1C=Cc1cccc(/C(CCN)=N\N)c1. The number of hydrogen-bond donors (Lipinski definition) is 2. The maximum Gasteiger partial charge on any atom is 0.0685 e. The van der Waals surface area contributed by atoms with Crippen LogP contribution < -0.4 is 11.6 Å². The van der Waals surface area contributed by atoms with Gasteiger partial charge in [0, 0.05) is 6.42 Å². The van der Waals surface area contributed by atoms with Gasteiger partial charge in [-0.2, -0.15) is 5.10 Å². The molecular formula is C19H23N3. The van der Waals surface area contributed by atoms with Gasteiger partial charge in [0.25, 0.3) is 0 Å². The van der Waals surface area contributed by atoms with Crippen LogP contribution in [0.2, 0.25) is 0 Å². The highest BCUT2D eigenvalue weighted by atomic mass is 15.1. The molecule has 0 amide bonds. The molecule has 0 atom stereocenters. The van der Waals surface area contributed by atoms with Gasteiger partial charge in [0.15, 0.2) is 0 Å². The van der Waals surface area contributed by atoms with Gasteiger partial charge in [-0.05, 0) is 54.3 Å². The number of benzene rings is 2. The first-order chi connectivity index (χ1) is 10.7. The van der Waals surface area contributed by atoms with Gasteiger partial charge in [-0.3, -0.25) is 0 Å². The summed E-state index contributed by atoms with van der Waals surface area (Å²) in [5.41, 5.74) is 12.4. The van der Waals surface area contributed by atoms with E-state index >= 15 is 0 Å². The second-order valence-corrected chi connectivity index (χ2v) is 5.38. The Morgan fingerprint density at radius 1 is 1.05 bits per heavy atom. The van der Waals surface area contributed by atoms with E-state index in [1.165, 1.54) is 16.7 Å². The molecule has 0 aliphatic heterocycles. The maximum absolute atomic E-state index is 5.60. The van der Waals surface area contributed by atoms with Crippen LogP contribution in [0.1, 0.15) is 34.2 Å². The van der Waals surface area contributed by atoms with Crippen molar-refractivity contribution in [1.29, 1.82) is 0 Å². The Balaban J connectivity index is 2.29. The first kappa shape index (κ1) is 16.0. The quantitative estimate of drug-likeness (QED) is 0.383. The number of nitrogens with two attached hydrogens (primary N) is 2. The summed E-state index contributed by atoms with van der Waals surface area (Å²) in [5.74, 6) is 5.46. The maximum atomic E-state index is 5.60. The molecule has 114 valence electrons. The largest absolute Gasteiger partial charge is 0.330 e. The molecular weight excluding hydrogens is 270 g/mol. The lowest BCUT2D eigenvalue weighted by Crippen LogP contribution is -2.11. The zero-order chi connectivity index (χ0) is 15.9. The lowest BCUT2D eigenvalue weighted by atomic mass is 10.0. The Morgan fingerprint density at radius 3 is 2.36 bits per heavy atom. The fraction of sp³-hybridized carbons (Fsp3) is 0.211. The van der Waals surface area contributed by atoms with Crippen molar-refractivity contribution in [3.05, 3.63) is 70.3 Å².